The summed E-state index contributed by atoms with van der Waals surface area (Å²) in [4.78, 5) is 22.5. The number of carboxylic acid groups (broad SMARTS) is 1. The second kappa shape index (κ2) is 6.61. The molecular formula is C12H22N2O6S. The number of nitrogens with zero attached hydrogens (tertiary/aromatic N) is 1. The monoisotopic (exact) mass is 322 g/mol. The van der Waals surface area contributed by atoms with Crippen LogP contribution in [0.15, 0.2) is 0 Å². The first kappa shape index (κ1) is 17.7. The predicted molar refractivity (Wildman–Crippen MR) is 74.8 cm³/mol. The molecule has 0 radical (unpaired) electrons. The van der Waals surface area contributed by atoms with Crippen LogP contribution in [-0.2, 0) is 19.7 Å². The number of nitrogens with one attached hydrogen (secondary N) is 1. The lowest BCUT2D eigenvalue weighted by molar-refractivity contribution is -0.151. The second-order valence-electron chi connectivity index (χ2n) is 5.55. The number of ether oxygens (including phenoxy) is 1. The van der Waals surface area contributed by atoms with E-state index in [1.807, 2.05) is 4.72 Å². The summed E-state index contributed by atoms with van der Waals surface area (Å²) in [6.07, 6.45) is 0.146. The topological polar surface area (TPSA) is 113 Å². The van der Waals surface area contributed by atoms with Crippen LogP contribution in [0.25, 0.3) is 0 Å². The van der Waals surface area contributed by atoms with Crippen LogP contribution in [-0.4, -0.2) is 49.6 Å². The summed E-state index contributed by atoms with van der Waals surface area (Å²) in [5.41, 5.74) is -1.03. The lowest BCUT2D eigenvalue weighted by Crippen LogP contribution is -2.51. The maximum atomic E-state index is 12.1. The Morgan fingerprint density at radius 3 is 2.57 bits per heavy atom. The minimum atomic E-state index is -4.01. The van der Waals surface area contributed by atoms with Crippen molar-refractivity contribution in [2.24, 2.45) is 11.3 Å². The van der Waals surface area contributed by atoms with E-state index >= 15 is 0 Å². The number of hydrogen-bond donors (Lipinski definition) is 2. The first-order chi connectivity index (χ1) is 9.61. The van der Waals surface area contributed by atoms with E-state index in [1.54, 1.807) is 20.8 Å². The number of carbonyl (C=O) groups is 2. The van der Waals surface area contributed by atoms with Gasteiger partial charge in [-0.3, -0.25) is 4.79 Å². The lowest BCUT2D eigenvalue weighted by atomic mass is 9.75. The number of carbonyl (C=O) groups excluding carboxylic acids is 1. The molecule has 1 aliphatic rings. The average Bonchev–Trinajstić information content (AvgIpc) is 2.38. The van der Waals surface area contributed by atoms with E-state index in [0.29, 0.717) is 12.8 Å². The first-order valence-corrected chi connectivity index (χ1v) is 8.23. The molecule has 1 saturated heterocycles. The van der Waals surface area contributed by atoms with Gasteiger partial charge in [-0.2, -0.15) is 12.7 Å². The maximum absolute atomic E-state index is 12.1. The van der Waals surface area contributed by atoms with Gasteiger partial charge in [0, 0.05) is 13.1 Å². The molecule has 1 fully saturated rings. The molecule has 0 aliphatic carbocycles. The number of piperidine rings is 1. The van der Waals surface area contributed by atoms with Crippen molar-refractivity contribution in [2.45, 2.75) is 33.6 Å². The maximum Gasteiger partial charge on any atom is 0.421 e. The molecule has 21 heavy (non-hydrogen) atoms. The Morgan fingerprint density at radius 1 is 1.43 bits per heavy atom. The highest BCUT2D eigenvalue weighted by Crippen LogP contribution is 2.34. The Bertz CT molecular complexity index is 502. The second-order valence-corrected chi connectivity index (χ2v) is 7.22. The summed E-state index contributed by atoms with van der Waals surface area (Å²) in [5.74, 6) is -1.28. The van der Waals surface area contributed by atoms with Gasteiger partial charge in [0.05, 0.1) is 12.0 Å². The van der Waals surface area contributed by atoms with Gasteiger partial charge in [-0.05, 0) is 39.5 Å². The van der Waals surface area contributed by atoms with Crippen LogP contribution in [0, 0.1) is 11.3 Å². The Hall–Kier alpha value is -1.35. The van der Waals surface area contributed by atoms with Crippen LogP contribution in [0.4, 0.5) is 4.79 Å². The smallest absolute Gasteiger partial charge is 0.421 e. The summed E-state index contributed by atoms with van der Waals surface area (Å²) in [5, 5.41) is 9.24. The summed E-state index contributed by atoms with van der Waals surface area (Å²) >= 11 is 0. The zero-order valence-electron chi connectivity index (χ0n) is 12.5. The fourth-order valence-electron chi connectivity index (χ4n) is 2.25. The van der Waals surface area contributed by atoms with Gasteiger partial charge in [-0.25, -0.2) is 9.52 Å². The van der Waals surface area contributed by atoms with Crippen LogP contribution in [0.2, 0.25) is 0 Å². The van der Waals surface area contributed by atoms with Crippen LogP contribution in [0.1, 0.15) is 33.6 Å². The van der Waals surface area contributed by atoms with Crippen molar-refractivity contribution in [1.82, 2.24) is 9.03 Å². The number of carboxylic acids is 1. The molecule has 0 aromatic heterocycles. The van der Waals surface area contributed by atoms with Gasteiger partial charge >= 0.3 is 22.3 Å². The van der Waals surface area contributed by atoms with Crippen LogP contribution < -0.4 is 4.72 Å². The van der Waals surface area contributed by atoms with Crippen molar-refractivity contribution < 1.29 is 27.9 Å². The third-order valence-electron chi connectivity index (χ3n) is 3.78. The molecular weight excluding hydrogens is 300 g/mol. The van der Waals surface area contributed by atoms with Crippen LogP contribution >= 0.6 is 0 Å². The Kier molecular flexibility index (Phi) is 5.57. The largest absolute Gasteiger partial charge is 0.481 e. The third kappa shape index (κ3) is 4.31. The van der Waals surface area contributed by atoms with Gasteiger partial charge in [0.1, 0.15) is 0 Å². The highest BCUT2D eigenvalue weighted by atomic mass is 32.2. The molecule has 0 saturated carbocycles. The zero-order chi connectivity index (χ0) is 16.3. The summed E-state index contributed by atoms with van der Waals surface area (Å²) in [6, 6.07) is 0. The molecule has 9 heteroatoms. The van der Waals surface area contributed by atoms with Crippen molar-refractivity contribution >= 4 is 22.3 Å². The Labute approximate surface area is 124 Å². The van der Waals surface area contributed by atoms with Crippen molar-refractivity contribution in [3.05, 3.63) is 0 Å². The predicted octanol–water partition coefficient (Wildman–Crippen LogP) is 0.800. The van der Waals surface area contributed by atoms with E-state index in [4.69, 9.17) is 0 Å². The number of rotatable bonds is 5. The lowest BCUT2D eigenvalue weighted by Gasteiger charge is -2.38. The van der Waals surface area contributed by atoms with Crippen molar-refractivity contribution in [1.29, 1.82) is 0 Å². The third-order valence-corrected chi connectivity index (χ3v) is 5.22. The van der Waals surface area contributed by atoms with Gasteiger partial charge in [0.15, 0.2) is 0 Å². The molecule has 0 aromatic rings. The van der Waals surface area contributed by atoms with E-state index in [0.717, 1.165) is 4.31 Å². The van der Waals surface area contributed by atoms with Gasteiger partial charge in [-0.15, -0.1) is 0 Å². The molecule has 0 spiro atoms. The minimum absolute atomic E-state index is 0.0635. The Balaban J connectivity index is 2.80. The Morgan fingerprint density at radius 2 is 2.05 bits per heavy atom. The molecule has 122 valence electrons. The summed E-state index contributed by atoms with van der Waals surface area (Å²) in [6.45, 7) is 5.10. The van der Waals surface area contributed by atoms with E-state index in [9.17, 15) is 23.1 Å². The van der Waals surface area contributed by atoms with Crippen LogP contribution in [0.3, 0.4) is 0 Å². The van der Waals surface area contributed by atoms with E-state index < -0.39 is 27.7 Å². The van der Waals surface area contributed by atoms with Gasteiger partial charge < -0.3 is 9.84 Å². The number of hydrogen-bond acceptors (Lipinski definition) is 5. The number of amides is 1. The minimum Gasteiger partial charge on any atom is -0.481 e. The molecule has 1 atom stereocenters. The van der Waals surface area contributed by atoms with E-state index in [1.165, 1.54) is 0 Å². The van der Waals surface area contributed by atoms with Gasteiger partial charge in [0.2, 0.25) is 0 Å². The van der Waals surface area contributed by atoms with Crippen molar-refractivity contribution in [2.75, 3.05) is 19.7 Å². The first-order valence-electron chi connectivity index (χ1n) is 6.79. The molecule has 2 N–H and O–H groups in total. The molecule has 0 bridgehead atoms. The molecule has 1 rings (SSSR count). The molecule has 1 heterocycles. The average molecular weight is 322 g/mol. The van der Waals surface area contributed by atoms with Gasteiger partial charge in [-0.1, -0.05) is 0 Å². The molecule has 1 unspecified atom stereocenters. The fraction of sp³-hybridized carbons (Fsp3) is 0.833. The normalized spacial score (nSPS) is 20.8. The number of aliphatic carboxylic acids is 1. The quantitative estimate of drug-likeness (QED) is 0.774. The standard InChI is InChI=1S/C12H22N2O6S/c1-4-20-11(17)13-21(18,19)14-7-5-6-9(8-14)12(2,3)10(15)16/h9H,4-8H2,1-3H3,(H,13,17)(H,15,16). The van der Waals surface area contributed by atoms with E-state index in [2.05, 4.69) is 4.74 Å². The van der Waals surface area contributed by atoms with E-state index in [-0.39, 0.29) is 25.6 Å². The molecule has 1 amide bonds. The highest BCUT2D eigenvalue weighted by Gasteiger charge is 2.41. The molecule has 8 nitrogen and oxygen atoms in total. The molecule has 0 aromatic carbocycles. The zero-order valence-corrected chi connectivity index (χ0v) is 13.3. The van der Waals surface area contributed by atoms with Crippen LogP contribution in [0.5, 0.6) is 0 Å². The van der Waals surface area contributed by atoms with Crippen molar-refractivity contribution in [3.8, 4) is 0 Å². The summed E-state index contributed by atoms with van der Waals surface area (Å²) in [7, 11) is -4.01. The molecule has 1 aliphatic heterocycles. The van der Waals surface area contributed by atoms with Gasteiger partial charge in [0.25, 0.3) is 0 Å². The van der Waals surface area contributed by atoms with Crippen molar-refractivity contribution in [3.63, 3.8) is 0 Å². The fourth-order valence-corrected chi connectivity index (χ4v) is 3.40. The SMILES string of the molecule is CCOC(=O)NS(=O)(=O)N1CCCC(C(C)(C)C(=O)O)C1. The highest BCUT2D eigenvalue weighted by molar-refractivity contribution is 7.87. The summed E-state index contributed by atoms with van der Waals surface area (Å²) < 4.78 is 31.6.